The van der Waals surface area contributed by atoms with Gasteiger partial charge < -0.3 is 10.6 Å². The third kappa shape index (κ3) is 9.20. The van der Waals surface area contributed by atoms with Gasteiger partial charge in [0.15, 0.2) is 0 Å². The molecule has 0 fully saturated rings. The Hall–Kier alpha value is -1.39. The van der Waals surface area contributed by atoms with Gasteiger partial charge in [-0.05, 0) is 44.4 Å². The summed E-state index contributed by atoms with van der Waals surface area (Å²) < 4.78 is 26.3. The van der Waals surface area contributed by atoms with Crippen molar-refractivity contribution in [1.29, 1.82) is 0 Å². The van der Waals surface area contributed by atoms with E-state index in [9.17, 15) is 13.6 Å². The van der Waals surface area contributed by atoms with E-state index in [2.05, 4.69) is 36.1 Å². The predicted octanol–water partition coefficient (Wildman–Crippen LogP) is 4.36. The average molecular weight is 416 g/mol. The number of rotatable bonds is 12. The molecule has 1 amide bonds. The van der Waals surface area contributed by atoms with E-state index in [1.807, 2.05) is 27.0 Å². The Bertz CT molecular complexity index is 609. The second kappa shape index (κ2) is 12.9. The number of carbonyl (C=O) groups excluding carboxylic acids is 1. The maximum absolute atomic E-state index is 13.2. The largest absolute Gasteiger partial charge is 0.346 e. The van der Waals surface area contributed by atoms with E-state index in [1.165, 1.54) is 9.24 Å². The van der Waals surface area contributed by atoms with Gasteiger partial charge in [0.05, 0.1) is 6.54 Å². The van der Waals surface area contributed by atoms with Crippen molar-refractivity contribution in [2.75, 3.05) is 20.6 Å². The number of aliphatic imine (C=N–C) groups is 1. The summed E-state index contributed by atoms with van der Waals surface area (Å²) in [6.45, 7) is 11.0. The first kappa shape index (κ1) is 26.6. The Morgan fingerprint density at radius 2 is 1.93 bits per heavy atom. The number of alkyl halides is 2. The van der Waals surface area contributed by atoms with Gasteiger partial charge in [-0.3, -0.25) is 9.79 Å². The van der Waals surface area contributed by atoms with Gasteiger partial charge in [0.2, 0.25) is 5.91 Å². The van der Waals surface area contributed by atoms with Crippen molar-refractivity contribution in [1.82, 2.24) is 10.6 Å². The molecule has 0 heterocycles. The van der Waals surface area contributed by atoms with Crippen LogP contribution in [0, 0.1) is 11.8 Å². The highest BCUT2D eigenvalue weighted by Crippen LogP contribution is 2.23. The van der Waals surface area contributed by atoms with Crippen molar-refractivity contribution in [2.24, 2.45) is 16.8 Å². The molecule has 0 saturated carbocycles. The molecular formula is C21H36F2N3OP. The van der Waals surface area contributed by atoms with Crippen LogP contribution >= 0.6 is 9.24 Å². The van der Waals surface area contributed by atoms with Gasteiger partial charge in [-0.2, -0.15) is 0 Å². The molecule has 2 N–H and O–H groups in total. The summed E-state index contributed by atoms with van der Waals surface area (Å²) >= 11 is 0. The lowest BCUT2D eigenvalue weighted by atomic mass is 9.88. The molecule has 0 saturated heterocycles. The Morgan fingerprint density at radius 3 is 2.36 bits per heavy atom. The minimum Gasteiger partial charge on any atom is -0.346 e. The fourth-order valence-electron chi connectivity index (χ4n) is 2.65. The van der Waals surface area contributed by atoms with E-state index in [0.29, 0.717) is 18.4 Å². The van der Waals surface area contributed by atoms with Gasteiger partial charge in [-0.25, -0.2) is 8.78 Å². The van der Waals surface area contributed by atoms with Gasteiger partial charge in [0.1, 0.15) is 0 Å². The quantitative estimate of drug-likeness (QED) is 0.164. The van der Waals surface area contributed by atoms with Crippen LogP contribution in [0.25, 0.3) is 0 Å². The second-order valence-corrected chi connectivity index (χ2v) is 7.86. The standard InChI is InChI=1S/C21H36F2N3OP/c1-8-10-11-17(19(25-7)15(4)16(5)24-6)12-18(14(3)9-2)20(27)26-13-21(22,23)28/h8,11-12,14-16,24H,1,9-10,13,28H2,2-7H3,(H,26,27)/b17-11?,18-12+,25-19?. The number of nitrogens with zero attached hydrogens (tertiary/aromatic N) is 1. The highest BCUT2D eigenvalue weighted by atomic mass is 31.0. The van der Waals surface area contributed by atoms with E-state index in [-0.39, 0.29) is 17.9 Å². The highest BCUT2D eigenvalue weighted by molar-refractivity contribution is 7.18. The molecule has 4 nitrogen and oxygen atoms in total. The molecule has 160 valence electrons. The fourth-order valence-corrected chi connectivity index (χ4v) is 2.75. The molecule has 4 atom stereocenters. The second-order valence-electron chi connectivity index (χ2n) is 7.01. The minimum absolute atomic E-state index is 0.0830. The van der Waals surface area contributed by atoms with E-state index in [1.54, 1.807) is 19.2 Å². The lowest BCUT2D eigenvalue weighted by molar-refractivity contribution is -0.118. The Kier molecular flexibility index (Phi) is 12.3. The average Bonchev–Trinajstić information content (AvgIpc) is 2.65. The molecule has 0 aliphatic heterocycles. The molecule has 0 aliphatic carbocycles. The van der Waals surface area contributed by atoms with E-state index in [4.69, 9.17) is 0 Å². The van der Waals surface area contributed by atoms with Gasteiger partial charge in [-0.15, -0.1) is 6.58 Å². The summed E-state index contributed by atoms with van der Waals surface area (Å²) in [6.07, 6.45) is 6.85. The van der Waals surface area contributed by atoms with Crippen LogP contribution in [0.4, 0.5) is 8.78 Å². The summed E-state index contributed by atoms with van der Waals surface area (Å²) in [6, 6.07) is 0.177. The zero-order chi connectivity index (χ0) is 21.9. The zero-order valence-corrected chi connectivity index (χ0v) is 19.1. The smallest absolute Gasteiger partial charge is 0.275 e. The summed E-state index contributed by atoms with van der Waals surface area (Å²) in [5.41, 5.74) is -0.892. The molecule has 0 aromatic heterocycles. The first-order valence-corrected chi connectivity index (χ1v) is 10.2. The number of halogens is 2. The third-order valence-electron chi connectivity index (χ3n) is 4.88. The third-order valence-corrected chi connectivity index (χ3v) is 5.08. The molecule has 0 spiro atoms. The van der Waals surface area contributed by atoms with E-state index < -0.39 is 18.1 Å². The Balaban J connectivity index is 6.07. The molecule has 0 rings (SSSR count). The normalized spacial score (nSPS) is 17.1. The molecule has 0 aromatic carbocycles. The zero-order valence-electron chi connectivity index (χ0n) is 18.0. The van der Waals surface area contributed by atoms with Crippen LogP contribution in [-0.4, -0.2) is 44.0 Å². The van der Waals surface area contributed by atoms with Crippen molar-refractivity contribution in [3.05, 3.63) is 36.0 Å². The van der Waals surface area contributed by atoms with E-state index in [0.717, 1.165) is 11.3 Å². The number of amides is 1. The number of hydrogen-bond donors (Lipinski definition) is 2. The topological polar surface area (TPSA) is 53.5 Å². The minimum atomic E-state index is -3.04. The van der Waals surface area contributed by atoms with Crippen molar-refractivity contribution in [3.8, 4) is 0 Å². The lowest BCUT2D eigenvalue weighted by Gasteiger charge is -2.23. The van der Waals surface area contributed by atoms with Crippen LogP contribution in [0.3, 0.4) is 0 Å². The maximum atomic E-state index is 13.2. The predicted molar refractivity (Wildman–Crippen MR) is 119 cm³/mol. The monoisotopic (exact) mass is 415 g/mol. The van der Waals surface area contributed by atoms with E-state index >= 15 is 0 Å². The maximum Gasteiger partial charge on any atom is 0.275 e. The molecule has 7 heteroatoms. The first-order chi connectivity index (χ1) is 13.0. The number of nitrogens with one attached hydrogen (secondary N) is 2. The van der Waals surface area contributed by atoms with Crippen molar-refractivity contribution in [2.45, 2.75) is 52.2 Å². The lowest BCUT2D eigenvalue weighted by Crippen LogP contribution is -2.36. The van der Waals surface area contributed by atoms with Crippen molar-refractivity contribution >= 4 is 20.9 Å². The first-order valence-electron chi connectivity index (χ1n) is 9.64. The molecule has 0 aliphatic rings. The molecule has 0 radical (unpaired) electrons. The molecule has 0 aromatic rings. The van der Waals surface area contributed by atoms with Crippen LogP contribution in [0.2, 0.25) is 0 Å². The number of allylic oxidation sites excluding steroid dienone is 4. The van der Waals surface area contributed by atoms with Gasteiger partial charge in [0.25, 0.3) is 5.66 Å². The summed E-state index contributed by atoms with van der Waals surface area (Å²) in [5, 5.41) is 5.57. The summed E-state index contributed by atoms with van der Waals surface area (Å²) in [4.78, 5) is 17.1. The Morgan fingerprint density at radius 1 is 1.32 bits per heavy atom. The van der Waals surface area contributed by atoms with Gasteiger partial charge in [0, 0.05) is 30.3 Å². The van der Waals surface area contributed by atoms with Crippen LogP contribution < -0.4 is 10.6 Å². The molecule has 28 heavy (non-hydrogen) atoms. The fraction of sp³-hybridized carbons (Fsp3) is 0.619. The Labute approximate surface area is 171 Å². The highest BCUT2D eigenvalue weighted by Gasteiger charge is 2.25. The van der Waals surface area contributed by atoms with Crippen molar-refractivity contribution in [3.63, 3.8) is 0 Å². The number of hydrogen-bond acceptors (Lipinski definition) is 3. The number of carbonyl (C=O) groups is 1. The van der Waals surface area contributed by atoms with Gasteiger partial charge >= 0.3 is 0 Å². The molecular weight excluding hydrogens is 379 g/mol. The molecule has 0 bridgehead atoms. The van der Waals surface area contributed by atoms with Crippen LogP contribution in [-0.2, 0) is 4.79 Å². The molecule has 4 unspecified atom stereocenters. The van der Waals surface area contributed by atoms with Crippen LogP contribution in [0.1, 0.15) is 40.5 Å². The van der Waals surface area contributed by atoms with Gasteiger partial charge in [-0.1, -0.05) is 42.2 Å². The van der Waals surface area contributed by atoms with Crippen LogP contribution in [0.5, 0.6) is 0 Å². The summed E-state index contributed by atoms with van der Waals surface area (Å²) in [7, 11) is 5.05. The summed E-state index contributed by atoms with van der Waals surface area (Å²) in [5.74, 6) is -0.467. The SMILES string of the molecule is C=CCC=C(/C=C(/C(=O)NCC(F)(F)P)C(C)CC)C(=NC)C(C)C(C)NC. The van der Waals surface area contributed by atoms with Crippen LogP contribution in [0.15, 0.2) is 40.9 Å². The van der Waals surface area contributed by atoms with Crippen molar-refractivity contribution < 1.29 is 13.6 Å².